The first-order chi connectivity index (χ1) is 13.4. The number of hydrogen-bond acceptors (Lipinski definition) is 4. The molecule has 7 heteroatoms. The van der Waals surface area contributed by atoms with Crippen LogP contribution in [0.3, 0.4) is 0 Å². The molecule has 0 heterocycles. The van der Waals surface area contributed by atoms with Crippen LogP contribution in [0.1, 0.15) is 59.9 Å². The Balaban J connectivity index is 3.00. The second-order valence-electron chi connectivity index (χ2n) is 9.10. The molecule has 162 valence electrons. The molecule has 0 saturated heterocycles. The van der Waals surface area contributed by atoms with E-state index in [9.17, 15) is 14.4 Å². The molecule has 0 saturated carbocycles. The topological polar surface area (TPSA) is 108 Å². The fourth-order valence-electron chi connectivity index (χ4n) is 3.01. The van der Waals surface area contributed by atoms with Gasteiger partial charge in [0.05, 0.1) is 0 Å². The standard InChI is InChI=1S/C22H35N3O4/c1-15(2)12-17(13-18(26)25-29)19(27)24-22(6,21(3,4)5)20(28)23-14-16-10-8-7-9-11-16/h7-11,15,17,29H,12-14H2,1-6H3,(H,23,28)(H,24,27)(H,25,26)/t17-,22?/m1/s1. The highest BCUT2D eigenvalue weighted by molar-refractivity contribution is 5.93. The van der Waals surface area contributed by atoms with Crippen LogP contribution >= 0.6 is 0 Å². The van der Waals surface area contributed by atoms with Gasteiger partial charge in [-0.05, 0) is 30.2 Å². The Labute approximate surface area is 173 Å². The van der Waals surface area contributed by atoms with E-state index in [4.69, 9.17) is 5.21 Å². The highest BCUT2D eigenvalue weighted by Gasteiger charge is 2.46. The van der Waals surface area contributed by atoms with Gasteiger partial charge in [-0.1, -0.05) is 65.0 Å². The van der Waals surface area contributed by atoms with Crippen molar-refractivity contribution in [2.45, 2.75) is 66.5 Å². The highest BCUT2D eigenvalue weighted by Crippen LogP contribution is 2.31. The normalized spacial score (nSPS) is 14.6. The van der Waals surface area contributed by atoms with E-state index < -0.39 is 22.8 Å². The first-order valence-electron chi connectivity index (χ1n) is 9.98. The van der Waals surface area contributed by atoms with Gasteiger partial charge in [0.2, 0.25) is 17.7 Å². The van der Waals surface area contributed by atoms with E-state index in [0.29, 0.717) is 13.0 Å². The van der Waals surface area contributed by atoms with Gasteiger partial charge in [-0.2, -0.15) is 0 Å². The maximum Gasteiger partial charge on any atom is 0.246 e. The number of hydrogen-bond donors (Lipinski definition) is 4. The molecule has 4 N–H and O–H groups in total. The summed E-state index contributed by atoms with van der Waals surface area (Å²) < 4.78 is 0. The van der Waals surface area contributed by atoms with E-state index >= 15 is 0 Å². The third-order valence-corrected chi connectivity index (χ3v) is 5.31. The Kier molecular flexibility index (Phi) is 8.82. The van der Waals surface area contributed by atoms with Crippen molar-refractivity contribution < 1.29 is 19.6 Å². The minimum Gasteiger partial charge on any atom is -0.350 e. The number of rotatable bonds is 9. The van der Waals surface area contributed by atoms with E-state index in [0.717, 1.165) is 5.56 Å². The molecule has 0 fully saturated rings. The van der Waals surface area contributed by atoms with Crippen molar-refractivity contribution in [3.8, 4) is 0 Å². The Hall–Kier alpha value is -2.41. The van der Waals surface area contributed by atoms with Gasteiger partial charge in [0.15, 0.2) is 0 Å². The van der Waals surface area contributed by atoms with Crippen LogP contribution in [0, 0.1) is 17.3 Å². The molecule has 0 spiro atoms. The summed E-state index contributed by atoms with van der Waals surface area (Å²) in [5.41, 5.74) is 0.770. The summed E-state index contributed by atoms with van der Waals surface area (Å²) in [7, 11) is 0. The predicted octanol–water partition coefficient (Wildman–Crippen LogP) is 2.78. The van der Waals surface area contributed by atoms with Crippen molar-refractivity contribution in [1.29, 1.82) is 0 Å². The van der Waals surface area contributed by atoms with Gasteiger partial charge in [-0.25, -0.2) is 5.48 Å². The minimum atomic E-state index is -1.19. The molecule has 7 nitrogen and oxygen atoms in total. The summed E-state index contributed by atoms with van der Waals surface area (Å²) in [6.45, 7) is 11.6. The molecule has 0 aromatic heterocycles. The number of carbonyl (C=O) groups is 3. The van der Waals surface area contributed by atoms with Crippen molar-refractivity contribution in [3.05, 3.63) is 35.9 Å². The fraction of sp³-hybridized carbons (Fsp3) is 0.591. The monoisotopic (exact) mass is 405 g/mol. The lowest BCUT2D eigenvalue weighted by molar-refractivity contribution is -0.141. The van der Waals surface area contributed by atoms with Crippen LogP contribution in [0.5, 0.6) is 0 Å². The van der Waals surface area contributed by atoms with E-state index in [1.807, 2.05) is 65.0 Å². The SMILES string of the molecule is CC(C)C[C@H](CC(=O)NO)C(=O)NC(C)(C(=O)NCc1ccccc1)C(C)(C)C. The molecule has 1 aromatic carbocycles. The van der Waals surface area contributed by atoms with Crippen LogP contribution in [-0.2, 0) is 20.9 Å². The smallest absolute Gasteiger partial charge is 0.246 e. The van der Waals surface area contributed by atoms with Crippen molar-refractivity contribution in [2.75, 3.05) is 0 Å². The van der Waals surface area contributed by atoms with Crippen LogP contribution in [-0.4, -0.2) is 28.5 Å². The first-order valence-corrected chi connectivity index (χ1v) is 9.98. The molecule has 0 bridgehead atoms. The van der Waals surface area contributed by atoms with E-state index in [-0.39, 0.29) is 24.2 Å². The van der Waals surface area contributed by atoms with Gasteiger partial charge in [-0.3, -0.25) is 19.6 Å². The molecular formula is C22H35N3O4. The van der Waals surface area contributed by atoms with Gasteiger partial charge >= 0.3 is 0 Å². The van der Waals surface area contributed by atoms with Crippen molar-refractivity contribution in [1.82, 2.24) is 16.1 Å². The van der Waals surface area contributed by atoms with Crippen LogP contribution in [0.25, 0.3) is 0 Å². The minimum absolute atomic E-state index is 0.146. The second kappa shape index (κ2) is 10.4. The van der Waals surface area contributed by atoms with Crippen LogP contribution in [0.2, 0.25) is 0 Å². The molecule has 2 atom stereocenters. The lowest BCUT2D eigenvalue weighted by Crippen LogP contribution is -2.64. The molecular weight excluding hydrogens is 370 g/mol. The van der Waals surface area contributed by atoms with E-state index in [2.05, 4.69) is 10.6 Å². The molecule has 0 aliphatic rings. The number of amides is 3. The number of nitrogens with one attached hydrogen (secondary N) is 3. The molecule has 0 radical (unpaired) electrons. The molecule has 0 aliphatic carbocycles. The summed E-state index contributed by atoms with van der Waals surface area (Å²) in [4.78, 5) is 37.8. The van der Waals surface area contributed by atoms with Gasteiger partial charge in [0.25, 0.3) is 0 Å². The van der Waals surface area contributed by atoms with Crippen LogP contribution in [0.15, 0.2) is 30.3 Å². The molecule has 0 aliphatic heterocycles. The Morgan fingerprint density at radius 1 is 1.03 bits per heavy atom. The highest BCUT2D eigenvalue weighted by atomic mass is 16.5. The van der Waals surface area contributed by atoms with Gasteiger partial charge in [-0.15, -0.1) is 0 Å². The quantitative estimate of drug-likeness (QED) is 0.374. The molecule has 1 aromatic rings. The lowest BCUT2D eigenvalue weighted by Gasteiger charge is -2.42. The maximum atomic E-state index is 13.1. The van der Waals surface area contributed by atoms with E-state index in [1.165, 1.54) is 0 Å². The number of carbonyl (C=O) groups excluding carboxylic acids is 3. The van der Waals surface area contributed by atoms with Crippen LogP contribution < -0.4 is 16.1 Å². The molecule has 29 heavy (non-hydrogen) atoms. The number of benzene rings is 1. The average Bonchev–Trinajstić information content (AvgIpc) is 2.64. The second-order valence-corrected chi connectivity index (χ2v) is 9.10. The number of hydroxylamine groups is 1. The Morgan fingerprint density at radius 3 is 2.10 bits per heavy atom. The van der Waals surface area contributed by atoms with Gasteiger partial charge in [0, 0.05) is 18.9 Å². The third kappa shape index (κ3) is 7.16. The summed E-state index contributed by atoms with van der Waals surface area (Å²) in [5.74, 6) is -1.78. The van der Waals surface area contributed by atoms with E-state index in [1.54, 1.807) is 12.4 Å². The zero-order chi connectivity index (χ0) is 22.2. The zero-order valence-electron chi connectivity index (χ0n) is 18.3. The van der Waals surface area contributed by atoms with Crippen molar-refractivity contribution >= 4 is 17.7 Å². The van der Waals surface area contributed by atoms with Gasteiger partial charge in [0.1, 0.15) is 5.54 Å². The molecule has 1 rings (SSSR count). The van der Waals surface area contributed by atoms with Gasteiger partial charge < -0.3 is 10.6 Å². The maximum absolute atomic E-state index is 13.1. The average molecular weight is 406 g/mol. The van der Waals surface area contributed by atoms with Crippen molar-refractivity contribution in [2.24, 2.45) is 17.3 Å². The summed E-state index contributed by atoms with van der Waals surface area (Å²) >= 11 is 0. The van der Waals surface area contributed by atoms with Crippen molar-refractivity contribution in [3.63, 3.8) is 0 Å². The molecule has 1 unspecified atom stereocenters. The Morgan fingerprint density at radius 2 is 1.62 bits per heavy atom. The summed E-state index contributed by atoms with van der Waals surface area (Å²) in [5, 5.41) is 14.6. The summed E-state index contributed by atoms with van der Waals surface area (Å²) in [6, 6.07) is 9.53. The van der Waals surface area contributed by atoms with Crippen LogP contribution in [0.4, 0.5) is 0 Å². The third-order valence-electron chi connectivity index (χ3n) is 5.31. The Bertz CT molecular complexity index is 698. The zero-order valence-corrected chi connectivity index (χ0v) is 18.3. The largest absolute Gasteiger partial charge is 0.350 e. The summed E-state index contributed by atoms with van der Waals surface area (Å²) in [6.07, 6.45) is 0.317. The molecule has 3 amide bonds. The fourth-order valence-corrected chi connectivity index (χ4v) is 3.01. The predicted molar refractivity (Wildman–Crippen MR) is 112 cm³/mol. The lowest BCUT2D eigenvalue weighted by atomic mass is 9.73. The first kappa shape index (κ1) is 24.6.